The molecule has 0 radical (unpaired) electrons. The molecule has 0 bridgehead atoms. The second kappa shape index (κ2) is 8.93. The number of aromatic nitrogens is 2. The number of fused-ring (bicyclic) bond motifs is 2. The summed E-state index contributed by atoms with van der Waals surface area (Å²) in [4.78, 5) is 20.5. The Balaban J connectivity index is 1.44. The van der Waals surface area contributed by atoms with Gasteiger partial charge in [-0.3, -0.25) is 4.79 Å². The Morgan fingerprint density at radius 3 is 2.91 bits per heavy atom. The van der Waals surface area contributed by atoms with Crippen molar-refractivity contribution in [3.8, 4) is 5.75 Å². The number of hydrogen-bond acceptors (Lipinski definition) is 4. The van der Waals surface area contributed by atoms with Gasteiger partial charge in [0.25, 0.3) is 5.91 Å². The maximum atomic E-state index is 13.6. The lowest BCUT2D eigenvalue weighted by molar-refractivity contribution is 0.0703. The number of carbonyl (C=O) groups excluding carboxylic acids is 1. The van der Waals surface area contributed by atoms with Crippen LogP contribution >= 0.6 is 0 Å². The Morgan fingerprint density at radius 1 is 1.24 bits per heavy atom. The third-order valence-corrected chi connectivity index (χ3v) is 6.35. The molecule has 0 saturated carbocycles. The summed E-state index contributed by atoms with van der Waals surface area (Å²) in [6.07, 6.45) is 4.70. The Morgan fingerprint density at radius 2 is 2.09 bits per heavy atom. The first-order valence-electron chi connectivity index (χ1n) is 12.0. The van der Waals surface area contributed by atoms with Gasteiger partial charge in [-0.05, 0) is 63.4 Å². The van der Waals surface area contributed by atoms with Crippen LogP contribution in [0.2, 0.25) is 0 Å². The van der Waals surface area contributed by atoms with E-state index in [4.69, 9.17) is 14.1 Å². The summed E-state index contributed by atoms with van der Waals surface area (Å²) in [5.41, 5.74) is 3.49. The van der Waals surface area contributed by atoms with Crippen LogP contribution in [0.1, 0.15) is 62.1 Å². The summed E-state index contributed by atoms with van der Waals surface area (Å²) in [6, 6.07) is 13.9. The molecule has 1 unspecified atom stereocenters. The van der Waals surface area contributed by atoms with E-state index in [1.165, 1.54) is 5.52 Å². The molecule has 1 aliphatic rings. The normalized spacial score (nSPS) is 16.7. The molecule has 0 aliphatic carbocycles. The lowest BCUT2D eigenvalue weighted by atomic mass is 9.96. The Kier molecular flexibility index (Phi) is 5.83. The molecule has 5 rings (SSSR count). The van der Waals surface area contributed by atoms with Crippen LogP contribution in [0.3, 0.4) is 0 Å². The zero-order valence-electron chi connectivity index (χ0n) is 19.6. The van der Waals surface area contributed by atoms with Gasteiger partial charge in [-0.1, -0.05) is 19.1 Å². The van der Waals surface area contributed by atoms with Crippen LogP contribution in [-0.2, 0) is 6.54 Å². The Hall–Kier alpha value is -3.28. The lowest BCUT2D eigenvalue weighted by Gasteiger charge is -2.33. The van der Waals surface area contributed by atoms with Crippen LogP contribution in [0.25, 0.3) is 22.0 Å². The molecular weight excluding hydrogens is 414 g/mol. The van der Waals surface area contributed by atoms with Crippen molar-refractivity contribution in [2.24, 2.45) is 0 Å². The maximum Gasteiger partial charge on any atom is 0.254 e. The molecular formula is C27H31N3O3. The average molecular weight is 446 g/mol. The number of piperidine rings is 1. The van der Waals surface area contributed by atoms with Gasteiger partial charge in [-0.25, -0.2) is 4.98 Å². The largest absolute Gasteiger partial charge is 0.490 e. The van der Waals surface area contributed by atoms with E-state index in [0.29, 0.717) is 23.4 Å². The number of ether oxygens (including phenoxy) is 1. The molecule has 1 aliphatic heterocycles. The molecule has 1 amide bonds. The van der Waals surface area contributed by atoms with Gasteiger partial charge in [-0.2, -0.15) is 0 Å². The number of hydrogen-bond donors (Lipinski definition) is 0. The molecule has 2 aromatic carbocycles. The number of nitrogens with zero attached hydrogens (tertiary/aromatic N) is 3. The van der Waals surface area contributed by atoms with E-state index in [1.54, 1.807) is 6.26 Å². The Bertz CT molecular complexity index is 1290. The highest BCUT2D eigenvalue weighted by atomic mass is 16.5. The number of carbonyl (C=O) groups is 1. The summed E-state index contributed by atoms with van der Waals surface area (Å²) < 4.78 is 14.0. The van der Waals surface area contributed by atoms with Gasteiger partial charge in [0.1, 0.15) is 17.2 Å². The smallest absolute Gasteiger partial charge is 0.254 e. The number of benzene rings is 2. The standard InChI is InChI=1S/C27H31N3O3/c1-4-12-30-23-10-6-5-9-22(23)28-26(30)19-8-7-13-29(17-19)27(31)20-15-24-21(11-14-32-24)25(16-20)33-18(2)3/h5-6,9-11,14-16,18-19H,4,7-8,12-13,17H2,1-3H3. The minimum absolute atomic E-state index is 0.0133. The lowest BCUT2D eigenvalue weighted by Crippen LogP contribution is -2.39. The molecule has 4 aromatic rings. The van der Waals surface area contributed by atoms with Crippen molar-refractivity contribution < 1.29 is 13.9 Å². The van der Waals surface area contributed by atoms with Gasteiger partial charge in [0.15, 0.2) is 0 Å². The first kappa shape index (κ1) is 21.6. The van der Waals surface area contributed by atoms with Crippen LogP contribution in [0.4, 0.5) is 0 Å². The quantitative estimate of drug-likeness (QED) is 0.365. The van der Waals surface area contributed by atoms with E-state index >= 15 is 0 Å². The zero-order valence-corrected chi connectivity index (χ0v) is 19.6. The summed E-state index contributed by atoms with van der Waals surface area (Å²) in [5, 5.41) is 0.894. The SMILES string of the molecule is CCCn1c(C2CCCN(C(=O)c3cc(OC(C)C)c4ccoc4c3)C2)nc2ccccc21. The molecule has 0 spiro atoms. The minimum Gasteiger partial charge on any atom is -0.490 e. The highest BCUT2D eigenvalue weighted by Gasteiger charge is 2.29. The zero-order chi connectivity index (χ0) is 22.9. The highest BCUT2D eigenvalue weighted by molar-refractivity contribution is 5.99. The van der Waals surface area contributed by atoms with Crippen LogP contribution in [0, 0.1) is 0 Å². The van der Waals surface area contributed by atoms with E-state index in [-0.39, 0.29) is 17.9 Å². The molecule has 6 heteroatoms. The highest BCUT2D eigenvalue weighted by Crippen LogP contribution is 2.33. The monoisotopic (exact) mass is 445 g/mol. The van der Waals surface area contributed by atoms with Crippen molar-refractivity contribution in [1.82, 2.24) is 14.5 Å². The molecule has 3 heterocycles. The van der Waals surface area contributed by atoms with Crippen molar-refractivity contribution in [3.63, 3.8) is 0 Å². The van der Waals surface area contributed by atoms with E-state index in [0.717, 1.165) is 49.1 Å². The van der Waals surface area contributed by atoms with Crippen molar-refractivity contribution in [3.05, 3.63) is 60.1 Å². The number of imidazole rings is 1. The van der Waals surface area contributed by atoms with E-state index in [9.17, 15) is 4.79 Å². The number of para-hydroxylation sites is 2. The fourth-order valence-electron chi connectivity index (χ4n) is 4.93. The van der Waals surface area contributed by atoms with Crippen LogP contribution in [-0.4, -0.2) is 39.6 Å². The van der Waals surface area contributed by atoms with E-state index < -0.39 is 0 Å². The first-order chi connectivity index (χ1) is 16.0. The van der Waals surface area contributed by atoms with E-state index in [1.807, 2.05) is 43.0 Å². The predicted octanol–water partition coefficient (Wildman–Crippen LogP) is 6.00. The molecule has 1 fully saturated rings. The summed E-state index contributed by atoms with van der Waals surface area (Å²) in [7, 11) is 0. The molecule has 0 N–H and O–H groups in total. The fourth-order valence-corrected chi connectivity index (χ4v) is 4.93. The summed E-state index contributed by atoms with van der Waals surface area (Å²) >= 11 is 0. The molecule has 6 nitrogen and oxygen atoms in total. The van der Waals surface area contributed by atoms with Crippen molar-refractivity contribution in [2.45, 2.75) is 58.6 Å². The molecule has 172 valence electrons. The number of rotatable bonds is 6. The molecule has 1 saturated heterocycles. The van der Waals surface area contributed by atoms with Crippen molar-refractivity contribution in [1.29, 1.82) is 0 Å². The molecule has 1 atom stereocenters. The third kappa shape index (κ3) is 4.10. The Labute approximate surface area is 194 Å². The van der Waals surface area contributed by atoms with Gasteiger partial charge < -0.3 is 18.6 Å². The summed E-state index contributed by atoms with van der Waals surface area (Å²) in [6.45, 7) is 8.51. The van der Waals surface area contributed by atoms with Gasteiger partial charge in [0.2, 0.25) is 0 Å². The second-order valence-electron chi connectivity index (χ2n) is 9.17. The van der Waals surface area contributed by atoms with Gasteiger partial charge in [0.05, 0.1) is 28.8 Å². The maximum absolute atomic E-state index is 13.6. The third-order valence-electron chi connectivity index (χ3n) is 6.35. The molecule has 2 aromatic heterocycles. The number of likely N-dealkylation sites (tertiary alicyclic amines) is 1. The van der Waals surface area contributed by atoms with Crippen molar-refractivity contribution in [2.75, 3.05) is 13.1 Å². The number of furan rings is 1. The average Bonchev–Trinajstić information content (AvgIpc) is 3.44. The topological polar surface area (TPSA) is 60.5 Å². The van der Waals surface area contributed by atoms with E-state index in [2.05, 4.69) is 29.7 Å². The van der Waals surface area contributed by atoms with Crippen LogP contribution in [0.5, 0.6) is 5.75 Å². The summed E-state index contributed by atoms with van der Waals surface area (Å²) in [5.74, 6) is 2.03. The van der Waals surface area contributed by atoms with Crippen LogP contribution in [0.15, 0.2) is 53.1 Å². The van der Waals surface area contributed by atoms with Crippen molar-refractivity contribution >= 4 is 27.9 Å². The predicted molar refractivity (Wildman–Crippen MR) is 130 cm³/mol. The molecule has 33 heavy (non-hydrogen) atoms. The van der Waals surface area contributed by atoms with Gasteiger partial charge in [-0.15, -0.1) is 0 Å². The van der Waals surface area contributed by atoms with Gasteiger partial charge in [0, 0.05) is 31.1 Å². The number of aryl methyl sites for hydroxylation is 1. The fraction of sp³-hybridized carbons (Fsp3) is 0.407. The van der Waals surface area contributed by atoms with Gasteiger partial charge >= 0.3 is 0 Å². The van der Waals surface area contributed by atoms with Crippen LogP contribution < -0.4 is 4.74 Å². The minimum atomic E-state index is 0.0133. The first-order valence-corrected chi connectivity index (χ1v) is 12.0. The second-order valence-corrected chi connectivity index (χ2v) is 9.17. The number of amides is 1.